The summed E-state index contributed by atoms with van der Waals surface area (Å²) >= 11 is 0. The third kappa shape index (κ3) is 7.25. The van der Waals surface area contributed by atoms with Crippen LogP contribution in [0.3, 0.4) is 0 Å². The number of nitrogens with one attached hydrogen (secondary N) is 3. The number of carbonyl (C=O) groups is 4. The van der Waals surface area contributed by atoms with Crippen LogP contribution in [-0.2, 0) is 30.6 Å². The van der Waals surface area contributed by atoms with E-state index in [1.165, 1.54) is 6.92 Å². The SMILES string of the molecule is C[C@@H]1CC/C=C\[C@@H]2C[C@@]2(C(=O)NS(=O)(=O)C2(C)CC2)NC(=O)[C@@H]2C[C@@H](Oc3ncccc3C(F)(F)F)CN2C(=O)[C@@H](NC(=O)O)[C@H](C)C1. The summed E-state index contributed by atoms with van der Waals surface area (Å²) in [6.45, 7) is 4.76. The molecular weight excluding hydrogens is 659 g/mol. The number of sulfonamides is 1. The first-order valence-corrected chi connectivity index (χ1v) is 17.4. The number of hydrogen-bond acceptors (Lipinski definition) is 8. The summed E-state index contributed by atoms with van der Waals surface area (Å²) < 4.78 is 73.8. The van der Waals surface area contributed by atoms with Crippen molar-refractivity contribution in [2.24, 2.45) is 17.8 Å². The number of alkyl halides is 3. The predicted molar refractivity (Wildman–Crippen MR) is 164 cm³/mol. The maximum absolute atomic E-state index is 14.1. The van der Waals surface area contributed by atoms with Gasteiger partial charge in [-0.25, -0.2) is 18.2 Å². The highest BCUT2D eigenvalue weighted by atomic mass is 32.2. The van der Waals surface area contributed by atoms with Crippen LogP contribution in [0.25, 0.3) is 0 Å². The number of halogens is 3. The molecular formula is C31H40F3N5O8S. The normalized spacial score (nSPS) is 32.8. The number of amides is 4. The zero-order chi connectivity index (χ0) is 35.2. The molecule has 5 rings (SSSR count). The standard InChI is InChI=1S/C31H40F3N5O8S/c1-17-7-4-5-8-19-15-30(19,27(42)38-48(45,46)29(3)10-11-29)37-24(40)22-14-20(47-25-21(31(32,33)34)9-6-12-35-25)16-39(22)26(41)23(18(2)13-17)36-28(43)44/h5-6,8-9,12,17-20,22-23,36H,4,7,10-11,13-16H2,1-3H3,(H,37,40)(H,38,42)(H,43,44)/b8-5-/t17-,18-,19-,20-,22+,23+,30-/m1/s1. The minimum Gasteiger partial charge on any atom is -0.472 e. The second-order valence-electron chi connectivity index (χ2n) is 13.7. The second-order valence-corrected chi connectivity index (χ2v) is 15.9. The molecule has 3 heterocycles. The summed E-state index contributed by atoms with van der Waals surface area (Å²) in [4.78, 5) is 58.3. The number of allylic oxidation sites excluding steroid dienone is 1. The summed E-state index contributed by atoms with van der Waals surface area (Å²) in [5.74, 6) is -4.40. The summed E-state index contributed by atoms with van der Waals surface area (Å²) in [7, 11) is -4.07. The van der Waals surface area contributed by atoms with E-state index in [-0.39, 0.29) is 25.3 Å². The van der Waals surface area contributed by atoms with Gasteiger partial charge in [0.25, 0.3) is 5.91 Å². The van der Waals surface area contributed by atoms with Crippen molar-refractivity contribution < 1.29 is 50.6 Å². The van der Waals surface area contributed by atoms with Crippen LogP contribution in [0.5, 0.6) is 5.88 Å². The van der Waals surface area contributed by atoms with Crippen molar-refractivity contribution in [2.75, 3.05) is 6.54 Å². The molecule has 2 saturated carbocycles. The highest BCUT2D eigenvalue weighted by molar-refractivity contribution is 7.91. The van der Waals surface area contributed by atoms with Gasteiger partial charge in [-0.1, -0.05) is 26.0 Å². The lowest BCUT2D eigenvalue weighted by Crippen LogP contribution is -2.59. The molecule has 4 aliphatic rings. The fourth-order valence-corrected chi connectivity index (χ4v) is 7.90. The molecule has 0 bridgehead atoms. The van der Waals surface area contributed by atoms with Crippen molar-refractivity contribution in [3.8, 4) is 5.88 Å². The van der Waals surface area contributed by atoms with Gasteiger partial charge in [0.2, 0.25) is 27.7 Å². The molecule has 0 unspecified atom stereocenters. The van der Waals surface area contributed by atoms with Gasteiger partial charge in [0.05, 0.1) is 11.3 Å². The van der Waals surface area contributed by atoms with Crippen LogP contribution in [0, 0.1) is 17.8 Å². The summed E-state index contributed by atoms with van der Waals surface area (Å²) in [6.07, 6.45) is -0.590. The molecule has 0 spiro atoms. The molecule has 17 heteroatoms. The van der Waals surface area contributed by atoms with E-state index in [0.29, 0.717) is 32.1 Å². The molecule has 264 valence electrons. The van der Waals surface area contributed by atoms with Crippen LogP contribution in [0.2, 0.25) is 0 Å². The third-order valence-electron chi connectivity index (χ3n) is 9.88. The minimum absolute atomic E-state index is 0.0347. The minimum atomic E-state index is -4.81. The van der Waals surface area contributed by atoms with E-state index in [9.17, 15) is 45.9 Å². The van der Waals surface area contributed by atoms with Gasteiger partial charge in [-0.15, -0.1) is 0 Å². The zero-order valence-corrected chi connectivity index (χ0v) is 27.6. The second kappa shape index (κ2) is 12.9. The Morgan fingerprint density at radius 2 is 1.90 bits per heavy atom. The molecule has 1 saturated heterocycles. The Morgan fingerprint density at radius 1 is 1.19 bits per heavy atom. The monoisotopic (exact) mass is 699 g/mol. The summed E-state index contributed by atoms with van der Waals surface area (Å²) in [5.41, 5.74) is -2.82. The van der Waals surface area contributed by atoms with Crippen molar-refractivity contribution >= 4 is 33.8 Å². The first-order valence-electron chi connectivity index (χ1n) is 15.9. The van der Waals surface area contributed by atoms with E-state index >= 15 is 0 Å². The molecule has 7 atom stereocenters. The lowest BCUT2D eigenvalue weighted by Gasteiger charge is -2.32. The molecule has 2 aliphatic heterocycles. The molecule has 4 amide bonds. The Kier molecular flexibility index (Phi) is 9.49. The number of hydrogen-bond donors (Lipinski definition) is 4. The molecule has 1 aromatic heterocycles. The maximum Gasteiger partial charge on any atom is 0.421 e. The Bertz CT molecular complexity index is 1600. The smallest absolute Gasteiger partial charge is 0.421 e. The number of rotatable bonds is 6. The maximum atomic E-state index is 14.1. The molecule has 3 fully saturated rings. The number of fused-ring (bicyclic) bond motifs is 2. The van der Waals surface area contributed by atoms with Crippen molar-refractivity contribution in [3.05, 3.63) is 36.0 Å². The summed E-state index contributed by atoms with van der Waals surface area (Å²) in [6, 6.07) is -0.843. The van der Waals surface area contributed by atoms with Crippen LogP contribution >= 0.6 is 0 Å². The number of pyridine rings is 1. The highest BCUT2D eigenvalue weighted by Crippen LogP contribution is 2.47. The van der Waals surface area contributed by atoms with E-state index in [4.69, 9.17) is 4.74 Å². The van der Waals surface area contributed by atoms with E-state index in [1.54, 1.807) is 13.0 Å². The van der Waals surface area contributed by atoms with Gasteiger partial charge < -0.3 is 25.4 Å². The molecule has 0 aromatic carbocycles. The largest absolute Gasteiger partial charge is 0.472 e. The fourth-order valence-electron chi connectivity index (χ4n) is 6.59. The van der Waals surface area contributed by atoms with Crippen LogP contribution in [0.4, 0.5) is 18.0 Å². The van der Waals surface area contributed by atoms with Crippen molar-refractivity contribution in [1.82, 2.24) is 25.2 Å². The lowest BCUT2D eigenvalue weighted by atomic mass is 9.88. The Morgan fingerprint density at radius 3 is 2.54 bits per heavy atom. The van der Waals surface area contributed by atoms with Gasteiger partial charge in [-0.05, 0) is 69.4 Å². The molecule has 1 aromatic rings. The van der Waals surface area contributed by atoms with Gasteiger partial charge in [-0.3, -0.25) is 19.1 Å². The van der Waals surface area contributed by atoms with Gasteiger partial charge in [0.15, 0.2) is 0 Å². The van der Waals surface area contributed by atoms with Gasteiger partial charge in [-0.2, -0.15) is 13.2 Å². The first kappa shape index (κ1) is 35.4. The van der Waals surface area contributed by atoms with E-state index < -0.39 is 91.8 Å². The van der Waals surface area contributed by atoms with E-state index in [0.717, 1.165) is 23.2 Å². The highest BCUT2D eigenvalue weighted by Gasteiger charge is 2.63. The molecule has 4 N–H and O–H groups in total. The first-order chi connectivity index (χ1) is 22.4. The van der Waals surface area contributed by atoms with Crippen molar-refractivity contribution in [1.29, 1.82) is 0 Å². The number of nitrogens with zero attached hydrogens (tertiary/aromatic N) is 2. The molecule has 13 nitrogen and oxygen atoms in total. The van der Waals surface area contributed by atoms with Crippen LogP contribution in [0.1, 0.15) is 71.3 Å². The van der Waals surface area contributed by atoms with Crippen molar-refractivity contribution in [3.63, 3.8) is 0 Å². The lowest BCUT2D eigenvalue weighted by molar-refractivity contribution is -0.142. The molecule has 0 radical (unpaired) electrons. The van der Waals surface area contributed by atoms with Crippen LogP contribution < -0.4 is 20.1 Å². The average molecular weight is 700 g/mol. The number of carbonyl (C=O) groups excluding carboxylic acids is 3. The average Bonchev–Trinajstić information content (AvgIpc) is 3.87. The van der Waals surface area contributed by atoms with Crippen molar-refractivity contribution in [2.45, 2.75) is 100 Å². The van der Waals surface area contributed by atoms with Crippen LogP contribution in [-0.4, -0.2) is 82.2 Å². The van der Waals surface area contributed by atoms with Gasteiger partial charge in [0, 0.05) is 18.5 Å². The predicted octanol–water partition coefficient (Wildman–Crippen LogP) is 2.97. The summed E-state index contributed by atoms with van der Waals surface area (Å²) in [5, 5.41) is 14.5. The quantitative estimate of drug-likeness (QED) is 0.324. The Hall–Kier alpha value is -3.89. The number of ether oxygens (including phenoxy) is 1. The number of aromatic nitrogens is 1. The molecule has 48 heavy (non-hydrogen) atoms. The molecule has 2 aliphatic carbocycles. The number of carboxylic acid groups (broad SMARTS) is 1. The van der Waals surface area contributed by atoms with E-state index in [1.807, 2.05) is 13.0 Å². The Balaban J connectivity index is 1.49. The fraction of sp³-hybridized carbons (Fsp3) is 0.645. The van der Waals surface area contributed by atoms with Gasteiger partial charge in [0.1, 0.15) is 29.3 Å². The zero-order valence-electron chi connectivity index (χ0n) is 26.7. The Labute approximate surface area is 276 Å². The topological polar surface area (TPSA) is 184 Å². The van der Waals surface area contributed by atoms with Gasteiger partial charge >= 0.3 is 12.3 Å². The third-order valence-corrected chi connectivity index (χ3v) is 12.0. The van der Waals surface area contributed by atoms with E-state index in [2.05, 4.69) is 20.3 Å². The van der Waals surface area contributed by atoms with Crippen LogP contribution in [0.15, 0.2) is 30.5 Å².